The van der Waals surface area contributed by atoms with Gasteiger partial charge in [-0.05, 0) is 79.4 Å². The standard InChI is InChI=1S/C29H34O5/c1-3-4-5-6-7-22(2)33-27-16-18-28(19-17-27)34-29(31)25-10-8-23(9-11-25)24-12-14-26(15-13-24)32-21-20-30/h8-19,22,30H,3-7,20-21H2,1-2H3. The van der Waals surface area contributed by atoms with Gasteiger partial charge in [-0.3, -0.25) is 0 Å². The van der Waals surface area contributed by atoms with Crippen LogP contribution in [0.1, 0.15) is 56.3 Å². The van der Waals surface area contributed by atoms with Crippen LogP contribution in [0.2, 0.25) is 0 Å². The van der Waals surface area contributed by atoms with E-state index in [1.807, 2.05) is 48.5 Å². The van der Waals surface area contributed by atoms with Crippen molar-refractivity contribution in [1.82, 2.24) is 0 Å². The fourth-order valence-electron chi connectivity index (χ4n) is 3.61. The molecule has 0 aromatic heterocycles. The van der Waals surface area contributed by atoms with Crippen LogP contribution in [0.4, 0.5) is 0 Å². The Kier molecular flexibility index (Phi) is 9.98. The Morgan fingerprint density at radius 3 is 2.00 bits per heavy atom. The Morgan fingerprint density at radius 2 is 1.38 bits per heavy atom. The van der Waals surface area contributed by atoms with E-state index in [1.54, 1.807) is 24.3 Å². The zero-order valence-corrected chi connectivity index (χ0v) is 20.0. The molecule has 0 bridgehead atoms. The van der Waals surface area contributed by atoms with E-state index in [-0.39, 0.29) is 19.3 Å². The van der Waals surface area contributed by atoms with E-state index in [1.165, 1.54) is 25.7 Å². The molecule has 5 heteroatoms. The van der Waals surface area contributed by atoms with Gasteiger partial charge in [0.25, 0.3) is 0 Å². The average molecular weight is 463 g/mol. The zero-order valence-electron chi connectivity index (χ0n) is 20.0. The molecule has 1 N–H and O–H groups in total. The average Bonchev–Trinajstić information content (AvgIpc) is 2.87. The van der Waals surface area contributed by atoms with Crippen LogP contribution in [-0.4, -0.2) is 30.4 Å². The maximum atomic E-state index is 12.6. The third kappa shape index (κ3) is 7.92. The number of hydrogen-bond acceptors (Lipinski definition) is 5. The summed E-state index contributed by atoms with van der Waals surface area (Å²) in [6.07, 6.45) is 6.11. The topological polar surface area (TPSA) is 65.0 Å². The lowest BCUT2D eigenvalue weighted by molar-refractivity contribution is 0.0734. The molecule has 0 aliphatic rings. The predicted molar refractivity (Wildman–Crippen MR) is 135 cm³/mol. The normalized spacial score (nSPS) is 11.6. The van der Waals surface area contributed by atoms with Crippen LogP contribution in [0, 0.1) is 0 Å². The van der Waals surface area contributed by atoms with Crippen molar-refractivity contribution >= 4 is 5.97 Å². The maximum Gasteiger partial charge on any atom is 0.343 e. The van der Waals surface area contributed by atoms with Crippen LogP contribution in [0.5, 0.6) is 17.2 Å². The molecule has 0 amide bonds. The van der Waals surface area contributed by atoms with Gasteiger partial charge in [0, 0.05) is 0 Å². The molecule has 1 atom stereocenters. The number of rotatable bonds is 13. The summed E-state index contributed by atoms with van der Waals surface area (Å²) in [5, 5.41) is 8.84. The first-order chi connectivity index (χ1) is 16.6. The van der Waals surface area contributed by atoms with Gasteiger partial charge in [0.1, 0.15) is 23.9 Å². The van der Waals surface area contributed by atoms with Crippen molar-refractivity contribution in [2.75, 3.05) is 13.2 Å². The van der Waals surface area contributed by atoms with E-state index in [9.17, 15) is 4.79 Å². The summed E-state index contributed by atoms with van der Waals surface area (Å²) in [7, 11) is 0. The van der Waals surface area contributed by atoms with Gasteiger partial charge in [-0.15, -0.1) is 0 Å². The van der Waals surface area contributed by atoms with E-state index in [0.29, 0.717) is 17.1 Å². The van der Waals surface area contributed by atoms with E-state index < -0.39 is 5.97 Å². The molecule has 0 saturated heterocycles. The highest BCUT2D eigenvalue weighted by Gasteiger charge is 2.10. The van der Waals surface area contributed by atoms with Gasteiger partial charge >= 0.3 is 5.97 Å². The molecule has 0 aliphatic carbocycles. The van der Waals surface area contributed by atoms with Crippen LogP contribution in [0.25, 0.3) is 11.1 Å². The number of unbranched alkanes of at least 4 members (excludes halogenated alkanes) is 3. The Labute approximate surface area is 202 Å². The van der Waals surface area contributed by atoms with Gasteiger partial charge in [-0.25, -0.2) is 4.79 Å². The molecule has 0 aliphatic heterocycles. The lowest BCUT2D eigenvalue weighted by atomic mass is 10.0. The number of hydrogen-bond donors (Lipinski definition) is 1. The molecule has 3 rings (SSSR count). The van der Waals surface area contributed by atoms with Gasteiger partial charge in [0.15, 0.2) is 0 Å². The zero-order chi connectivity index (χ0) is 24.2. The second-order valence-corrected chi connectivity index (χ2v) is 8.31. The molecular weight excluding hydrogens is 428 g/mol. The molecule has 34 heavy (non-hydrogen) atoms. The minimum Gasteiger partial charge on any atom is -0.491 e. The van der Waals surface area contributed by atoms with Gasteiger partial charge < -0.3 is 19.3 Å². The second-order valence-electron chi connectivity index (χ2n) is 8.31. The number of benzene rings is 3. The molecule has 0 radical (unpaired) electrons. The van der Waals surface area contributed by atoms with Crippen LogP contribution >= 0.6 is 0 Å². The predicted octanol–water partition coefficient (Wildman–Crippen LogP) is 6.68. The highest BCUT2D eigenvalue weighted by molar-refractivity contribution is 5.91. The van der Waals surface area contributed by atoms with Crippen molar-refractivity contribution in [3.8, 4) is 28.4 Å². The third-order valence-electron chi connectivity index (χ3n) is 5.50. The van der Waals surface area contributed by atoms with Gasteiger partial charge in [0.2, 0.25) is 0 Å². The number of aliphatic hydroxyl groups is 1. The van der Waals surface area contributed by atoms with Crippen LogP contribution in [-0.2, 0) is 0 Å². The number of carbonyl (C=O) groups is 1. The van der Waals surface area contributed by atoms with E-state index in [2.05, 4.69) is 13.8 Å². The van der Waals surface area contributed by atoms with Crippen molar-refractivity contribution in [1.29, 1.82) is 0 Å². The van der Waals surface area contributed by atoms with Crippen molar-refractivity contribution < 1.29 is 24.1 Å². The lowest BCUT2D eigenvalue weighted by Crippen LogP contribution is -2.11. The summed E-state index contributed by atoms with van der Waals surface area (Å²) in [6, 6.07) is 22.1. The smallest absolute Gasteiger partial charge is 0.343 e. The van der Waals surface area contributed by atoms with E-state index >= 15 is 0 Å². The minimum atomic E-state index is -0.405. The highest BCUT2D eigenvalue weighted by atomic mass is 16.5. The fourth-order valence-corrected chi connectivity index (χ4v) is 3.61. The molecule has 0 saturated carbocycles. The maximum absolute atomic E-state index is 12.6. The quantitative estimate of drug-likeness (QED) is 0.174. The monoisotopic (exact) mass is 462 g/mol. The van der Waals surface area contributed by atoms with Crippen LogP contribution < -0.4 is 14.2 Å². The van der Waals surface area contributed by atoms with Crippen molar-refractivity contribution in [3.05, 3.63) is 78.4 Å². The minimum absolute atomic E-state index is 0.0182. The summed E-state index contributed by atoms with van der Waals surface area (Å²) >= 11 is 0. The first-order valence-corrected chi connectivity index (χ1v) is 12.0. The molecule has 5 nitrogen and oxygen atoms in total. The van der Waals surface area contributed by atoms with E-state index in [4.69, 9.17) is 19.3 Å². The number of carbonyl (C=O) groups excluding carboxylic acids is 1. The first kappa shape index (κ1) is 25.3. The number of aliphatic hydroxyl groups excluding tert-OH is 1. The SMILES string of the molecule is CCCCCCC(C)Oc1ccc(OC(=O)c2ccc(-c3ccc(OCCO)cc3)cc2)cc1. The molecule has 1 unspecified atom stereocenters. The largest absolute Gasteiger partial charge is 0.491 e. The molecule has 0 heterocycles. The molecule has 180 valence electrons. The Hall–Kier alpha value is -3.31. The molecule has 0 spiro atoms. The summed E-state index contributed by atoms with van der Waals surface area (Å²) in [5.41, 5.74) is 2.47. The van der Waals surface area contributed by atoms with E-state index in [0.717, 1.165) is 23.3 Å². The van der Waals surface area contributed by atoms with Gasteiger partial charge in [0.05, 0.1) is 18.3 Å². The Balaban J connectivity index is 1.51. The summed E-state index contributed by atoms with van der Waals surface area (Å²) in [4.78, 5) is 12.6. The van der Waals surface area contributed by atoms with Gasteiger partial charge in [-0.2, -0.15) is 0 Å². The molecular formula is C29H34O5. The molecule has 3 aromatic carbocycles. The van der Waals surface area contributed by atoms with Gasteiger partial charge in [-0.1, -0.05) is 50.5 Å². The fraction of sp³-hybridized carbons (Fsp3) is 0.345. The summed E-state index contributed by atoms with van der Waals surface area (Å²) < 4.78 is 16.9. The third-order valence-corrected chi connectivity index (χ3v) is 5.50. The number of ether oxygens (including phenoxy) is 3. The van der Waals surface area contributed by atoms with Crippen molar-refractivity contribution in [2.24, 2.45) is 0 Å². The highest BCUT2D eigenvalue weighted by Crippen LogP contribution is 2.24. The molecule has 0 fully saturated rings. The Morgan fingerprint density at radius 1 is 0.794 bits per heavy atom. The number of esters is 1. The van der Waals surface area contributed by atoms with Crippen molar-refractivity contribution in [3.63, 3.8) is 0 Å². The molecule has 3 aromatic rings. The van der Waals surface area contributed by atoms with Crippen LogP contribution in [0.15, 0.2) is 72.8 Å². The van der Waals surface area contributed by atoms with Crippen molar-refractivity contribution in [2.45, 2.75) is 52.1 Å². The Bertz CT molecular complexity index is 994. The summed E-state index contributed by atoms with van der Waals surface area (Å²) in [5.74, 6) is 1.56. The lowest BCUT2D eigenvalue weighted by Gasteiger charge is -2.15. The first-order valence-electron chi connectivity index (χ1n) is 12.0. The second kappa shape index (κ2) is 13.4. The van der Waals surface area contributed by atoms with Crippen LogP contribution in [0.3, 0.4) is 0 Å². The summed E-state index contributed by atoms with van der Waals surface area (Å²) in [6.45, 7) is 4.55.